The summed E-state index contributed by atoms with van der Waals surface area (Å²) >= 11 is 11.9. The number of halogens is 2. The minimum absolute atomic E-state index is 0.218. The molecule has 0 heterocycles. The van der Waals surface area contributed by atoms with Gasteiger partial charge >= 0.3 is 0 Å². The lowest BCUT2D eigenvalue weighted by atomic mass is 10.1. The highest BCUT2D eigenvalue weighted by molar-refractivity contribution is 6.42. The minimum atomic E-state index is -0.344. The summed E-state index contributed by atoms with van der Waals surface area (Å²) in [5.74, 6) is 0.854. The summed E-state index contributed by atoms with van der Waals surface area (Å²) in [5.41, 5.74) is 1.70. The van der Waals surface area contributed by atoms with E-state index in [1.165, 1.54) is 19.3 Å². The number of hydrogen-bond acceptors (Lipinski definition) is 5. The number of allylic oxidation sites excluding steroid dienone is 1. The number of para-hydroxylation sites is 2. The molecule has 0 atom stereocenters. The molecule has 3 aromatic carbocycles. The number of carbonyl (C=O) groups is 2. The van der Waals surface area contributed by atoms with Crippen LogP contribution in [-0.4, -0.2) is 32.0 Å². The molecule has 0 aliphatic rings. The fourth-order valence-corrected chi connectivity index (χ4v) is 3.31. The van der Waals surface area contributed by atoms with Crippen molar-refractivity contribution in [1.29, 1.82) is 0 Å². The van der Waals surface area contributed by atoms with Gasteiger partial charge in [-0.15, -0.1) is 0 Å². The van der Waals surface area contributed by atoms with Crippen LogP contribution < -0.4 is 19.5 Å². The minimum Gasteiger partial charge on any atom is -0.495 e. The van der Waals surface area contributed by atoms with Crippen LogP contribution in [0.4, 0.5) is 5.69 Å². The summed E-state index contributed by atoms with van der Waals surface area (Å²) < 4.78 is 16.6. The third-order valence-corrected chi connectivity index (χ3v) is 5.38. The van der Waals surface area contributed by atoms with Crippen molar-refractivity contribution in [3.63, 3.8) is 0 Å². The molecule has 0 saturated heterocycles. The smallest absolute Gasteiger partial charge is 0.262 e. The van der Waals surface area contributed by atoms with Crippen LogP contribution >= 0.6 is 23.2 Å². The molecule has 0 aromatic heterocycles. The van der Waals surface area contributed by atoms with Crippen molar-refractivity contribution >= 4 is 46.7 Å². The molecule has 0 radical (unpaired) electrons. The predicted molar refractivity (Wildman–Crippen MR) is 135 cm³/mol. The van der Waals surface area contributed by atoms with E-state index >= 15 is 0 Å². The molecule has 34 heavy (non-hydrogen) atoms. The number of nitrogens with one attached hydrogen (secondary N) is 1. The van der Waals surface area contributed by atoms with E-state index in [1.54, 1.807) is 54.6 Å². The first-order valence-corrected chi connectivity index (χ1v) is 11.2. The SMILES string of the molecule is CCOc1cc(/C=C/C(=O)c2ccc(Cl)c(Cl)c2)ccc1OCC(=O)Nc1ccccc1OC. The molecule has 3 rings (SSSR count). The molecule has 0 aliphatic heterocycles. The zero-order valence-electron chi connectivity index (χ0n) is 18.6. The van der Waals surface area contributed by atoms with Crippen LogP contribution in [-0.2, 0) is 4.79 Å². The summed E-state index contributed by atoms with van der Waals surface area (Å²) in [6, 6.07) is 17.0. The topological polar surface area (TPSA) is 73.9 Å². The summed E-state index contributed by atoms with van der Waals surface area (Å²) in [6.07, 6.45) is 3.09. The number of ketones is 1. The van der Waals surface area contributed by atoms with Crippen LogP contribution in [0.2, 0.25) is 10.0 Å². The summed E-state index contributed by atoms with van der Waals surface area (Å²) in [5, 5.41) is 3.45. The lowest BCUT2D eigenvalue weighted by Gasteiger charge is -2.13. The maximum atomic E-state index is 12.4. The number of carbonyl (C=O) groups excluding carboxylic acids is 2. The molecule has 0 bridgehead atoms. The van der Waals surface area contributed by atoms with E-state index in [0.717, 1.165) is 5.56 Å². The van der Waals surface area contributed by atoms with Crippen molar-refractivity contribution in [2.45, 2.75) is 6.92 Å². The van der Waals surface area contributed by atoms with Crippen LogP contribution in [0.3, 0.4) is 0 Å². The number of hydrogen-bond donors (Lipinski definition) is 1. The summed E-state index contributed by atoms with van der Waals surface area (Å²) in [6.45, 7) is 2.02. The lowest BCUT2D eigenvalue weighted by molar-refractivity contribution is -0.118. The van der Waals surface area contributed by atoms with Crippen LogP contribution in [0.5, 0.6) is 17.2 Å². The first-order chi connectivity index (χ1) is 16.4. The summed E-state index contributed by atoms with van der Waals surface area (Å²) in [7, 11) is 1.53. The first-order valence-electron chi connectivity index (χ1n) is 10.4. The average Bonchev–Trinajstić information content (AvgIpc) is 2.84. The van der Waals surface area contributed by atoms with E-state index in [1.807, 2.05) is 13.0 Å². The zero-order valence-corrected chi connectivity index (χ0v) is 20.2. The molecule has 0 fully saturated rings. The average molecular weight is 500 g/mol. The van der Waals surface area contributed by atoms with Crippen LogP contribution in [0.15, 0.2) is 66.7 Å². The molecule has 176 valence electrons. The Morgan fingerprint density at radius 3 is 2.44 bits per heavy atom. The van der Waals surface area contributed by atoms with Crippen LogP contribution in [0, 0.1) is 0 Å². The summed E-state index contributed by atoms with van der Waals surface area (Å²) in [4.78, 5) is 24.8. The Hall–Kier alpha value is -3.48. The van der Waals surface area contributed by atoms with E-state index in [4.69, 9.17) is 37.4 Å². The normalized spacial score (nSPS) is 10.7. The van der Waals surface area contributed by atoms with Crippen molar-refractivity contribution in [1.82, 2.24) is 0 Å². The Morgan fingerprint density at radius 1 is 0.912 bits per heavy atom. The van der Waals surface area contributed by atoms with Gasteiger partial charge in [-0.25, -0.2) is 0 Å². The van der Waals surface area contributed by atoms with Gasteiger partial charge in [0.05, 0.1) is 29.4 Å². The molecule has 3 aromatic rings. The molecular formula is C26H23Cl2NO5. The molecule has 0 aliphatic carbocycles. The van der Waals surface area contributed by atoms with E-state index in [-0.39, 0.29) is 18.3 Å². The second-order valence-electron chi connectivity index (χ2n) is 7.00. The third kappa shape index (κ3) is 6.76. The quantitative estimate of drug-likeness (QED) is 0.261. The highest BCUT2D eigenvalue weighted by Gasteiger charge is 2.11. The number of benzene rings is 3. The first kappa shape index (κ1) is 25.1. The Labute approximate surface area is 208 Å². The van der Waals surface area contributed by atoms with Gasteiger partial charge in [0.1, 0.15) is 5.75 Å². The maximum absolute atomic E-state index is 12.4. The lowest BCUT2D eigenvalue weighted by Crippen LogP contribution is -2.20. The zero-order chi connectivity index (χ0) is 24.5. The number of rotatable bonds is 10. The van der Waals surface area contributed by atoms with Gasteiger partial charge in [-0.05, 0) is 61.0 Å². The van der Waals surface area contributed by atoms with Crippen molar-refractivity contribution in [2.24, 2.45) is 0 Å². The van der Waals surface area contributed by atoms with Gasteiger partial charge in [0.2, 0.25) is 0 Å². The van der Waals surface area contributed by atoms with Crippen LogP contribution in [0.1, 0.15) is 22.8 Å². The van der Waals surface area contributed by atoms with Gasteiger partial charge < -0.3 is 19.5 Å². The van der Waals surface area contributed by atoms with E-state index in [0.29, 0.717) is 45.2 Å². The molecule has 1 N–H and O–H groups in total. The second kappa shape index (κ2) is 12.1. The van der Waals surface area contributed by atoms with Crippen molar-refractivity contribution < 1.29 is 23.8 Å². The third-order valence-electron chi connectivity index (χ3n) is 4.64. The Kier molecular flexibility index (Phi) is 8.96. The fraction of sp³-hybridized carbons (Fsp3) is 0.154. The highest BCUT2D eigenvalue weighted by atomic mass is 35.5. The monoisotopic (exact) mass is 499 g/mol. The molecule has 0 spiro atoms. The van der Waals surface area contributed by atoms with Crippen molar-refractivity contribution in [3.8, 4) is 17.2 Å². The van der Waals surface area contributed by atoms with Crippen LogP contribution in [0.25, 0.3) is 6.08 Å². The molecule has 1 amide bonds. The van der Waals surface area contributed by atoms with Gasteiger partial charge in [0.15, 0.2) is 23.9 Å². The molecule has 0 unspecified atom stereocenters. The molecule has 8 heteroatoms. The van der Waals surface area contributed by atoms with E-state index < -0.39 is 0 Å². The van der Waals surface area contributed by atoms with Crippen molar-refractivity contribution in [2.75, 3.05) is 25.6 Å². The standard InChI is InChI=1S/C26H23Cl2NO5/c1-3-33-25-14-17(8-12-22(30)18-10-11-19(27)20(28)15-18)9-13-24(25)34-16-26(31)29-21-6-4-5-7-23(21)32-2/h4-15H,3,16H2,1-2H3,(H,29,31)/b12-8+. The Balaban J connectivity index is 1.67. The van der Waals surface area contributed by atoms with Gasteiger partial charge in [0.25, 0.3) is 5.91 Å². The fourth-order valence-electron chi connectivity index (χ4n) is 3.01. The van der Waals surface area contributed by atoms with Gasteiger partial charge in [0, 0.05) is 5.56 Å². The molecular weight excluding hydrogens is 477 g/mol. The maximum Gasteiger partial charge on any atom is 0.262 e. The van der Waals surface area contributed by atoms with E-state index in [9.17, 15) is 9.59 Å². The number of amides is 1. The Morgan fingerprint density at radius 2 is 1.71 bits per heavy atom. The molecule has 0 saturated carbocycles. The van der Waals surface area contributed by atoms with Crippen molar-refractivity contribution in [3.05, 3.63) is 87.9 Å². The number of ether oxygens (including phenoxy) is 3. The Bertz CT molecular complexity index is 1210. The van der Waals surface area contributed by atoms with Gasteiger partial charge in [-0.2, -0.15) is 0 Å². The predicted octanol–water partition coefficient (Wildman–Crippen LogP) is 6.31. The largest absolute Gasteiger partial charge is 0.495 e. The number of anilines is 1. The number of methoxy groups -OCH3 is 1. The molecule has 6 nitrogen and oxygen atoms in total. The second-order valence-corrected chi connectivity index (χ2v) is 7.82. The van der Waals surface area contributed by atoms with Gasteiger partial charge in [-0.3, -0.25) is 9.59 Å². The van der Waals surface area contributed by atoms with E-state index in [2.05, 4.69) is 5.32 Å². The highest BCUT2D eigenvalue weighted by Crippen LogP contribution is 2.30. The van der Waals surface area contributed by atoms with Gasteiger partial charge in [-0.1, -0.05) is 47.5 Å².